The van der Waals surface area contributed by atoms with Gasteiger partial charge in [0, 0.05) is 13.0 Å². The van der Waals surface area contributed by atoms with Crippen LogP contribution in [0.3, 0.4) is 0 Å². The van der Waals surface area contributed by atoms with Gasteiger partial charge in [-0.2, -0.15) is 0 Å². The molecule has 0 aliphatic carbocycles. The summed E-state index contributed by atoms with van der Waals surface area (Å²) in [5.41, 5.74) is 0.708. The van der Waals surface area contributed by atoms with E-state index in [4.69, 9.17) is 5.21 Å². The average Bonchev–Trinajstić information content (AvgIpc) is 2.81. The molecular weight excluding hydrogens is 454 g/mol. The Morgan fingerprint density at radius 2 is 1.69 bits per heavy atom. The first-order valence-corrected chi connectivity index (χ1v) is 12.4. The van der Waals surface area contributed by atoms with Gasteiger partial charge in [-0.1, -0.05) is 33.6 Å². The quantitative estimate of drug-likeness (QED) is 0.0811. The summed E-state index contributed by atoms with van der Waals surface area (Å²) in [7, 11) is 1.67. The van der Waals surface area contributed by atoms with Gasteiger partial charge in [0.15, 0.2) is 0 Å². The van der Waals surface area contributed by atoms with Crippen LogP contribution in [0.5, 0.6) is 0 Å². The first kappa shape index (κ1) is 32.5. The largest absolute Gasteiger partial charge is 0.345 e. The standard InChI is InChI=1S/C24H45N5O6/c1-7-13-29(22(33)19(14-17(2)3)27-23(34)24(4,5)25-6)15-21(32)26-18(16-30)11-9-8-10-12-20(31)28-35/h16-19,25,35H,7-15H2,1-6H3,(H,26,32)(H,27,34)(H,28,31). The Balaban J connectivity index is 5.10. The van der Waals surface area contributed by atoms with Crippen LogP contribution in [0.15, 0.2) is 0 Å². The second-order valence-corrected chi connectivity index (χ2v) is 9.73. The number of carbonyl (C=O) groups excluding carboxylic acids is 5. The minimum Gasteiger partial charge on any atom is -0.345 e. The first-order chi connectivity index (χ1) is 16.4. The molecule has 0 bridgehead atoms. The Kier molecular flexibility index (Phi) is 15.8. The van der Waals surface area contributed by atoms with Gasteiger partial charge in [-0.25, -0.2) is 5.48 Å². The molecular formula is C24H45N5O6. The Morgan fingerprint density at radius 3 is 2.20 bits per heavy atom. The lowest BCUT2D eigenvalue weighted by Gasteiger charge is -2.31. The molecule has 5 N–H and O–H groups in total. The second-order valence-electron chi connectivity index (χ2n) is 9.73. The van der Waals surface area contributed by atoms with E-state index >= 15 is 0 Å². The van der Waals surface area contributed by atoms with Crippen molar-refractivity contribution in [2.45, 2.75) is 97.2 Å². The highest BCUT2D eigenvalue weighted by atomic mass is 16.5. The number of hydrogen-bond acceptors (Lipinski definition) is 7. The lowest BCUT2D eigenvalue weighted by molar-refractivity contribution is -0.141. The number of likely N-dealkylation sites (N-methyl/N-ethyl adjacent to an activating group) is 1. The SMILES string of the molecule is CCCN(CC(=O)NC(C=O)CCCCCC(=O)NO)C(=O)C(CC(C)C)NC(=O)C(C)(C)NC. The highest BCUT2D eigenvalue weighted by Crippen LogP contribution is 2.12. The minimum absolute atomic E-state index is 0.141. The molecule has 0 aromatic carbocycles. The summed E-state index contributed by atoms with van der Waals surface area (Å²) in [5, 5.41) is 16.9. The zero-order valence-corrected chi connectivity index (χ0v) is 22.1. The molecule has 0 fully saturated rings. The molecule has 0 aromatic heterocycles. The van der Waals surface area contributed by atoms with Crippen molar-refractivity contribution in [3.05, 3.63) is 0 Å². The monoisotopic (exact) mass is 499 g/mol. The summed E-state index contributed by atoms with van der Waals surface area (Å²) in [6.07, 6.45) is 4.13. The van der Waals surface area contributed by atoms with E-state index in [1.165, 1.54) is 4.90 Å². The number of amides is 4. The Morgan fingerprint density at radius 1 is 1.03 bits per heavy atom. The van der Waals surface area contributed by atoms with Crippen molar-refractivity contribution in [1.29, 1.82) is 0 Å². The van der Waals surface area contributed by atoms with Gasteiger partial charge in [0.25, 0.3) is 0 Å². The van der Waals surface area contributed by atoms with Crippen molar-refractivity contribution in [3.63, 3.8) is 0 Å². The van der Waals surface area contributed by atoms with Crippen LogP contribution in [-0.2, 0) is 24.0 Å². The topological polar surface area (TPSA) is 157 Å². The third-order valence-corrected chi connectivity index (χ3v) is 5.70. The summed E-state index contributed by atoms with van der Waals surface area (Å²) < 4.78 is 0. The second kappa shape index (κ2) is 17.0. The summed E-state index contributed by atoms with van der Waals surface area (Å²) >= 11 is 0. The number of nitrogens with one attached hydrogen (secondary N) is 4. The summed E-state index contributed by atoms with van der Waals surface area (Å²) in [4.78, 5) is 62.5. The van der Waals surface area contributed by atoms with Crippen molar-refractivity contribution < 1.29 is 29.2 Å². The maximum atomic E-state index is 13.3. The van der Waals surface area contributed by atoms with Gasteiger partial charge in [0.2, 0.25) is 23.6 Å². The lowest BCUT2D eigenvalue weighted by Crippen LogP contribution is -2.58. The van der Waals surface area contributed by atoms with E-state index in [0.717, 1.165) is 0 Å². The zero-order valence-electron chi connectivity index (χ0n) is 22.1. The molecule has 0 saturated carbocycles. The maximum Gasteiger partial charge on any atom is 0.245 e. The van der Waals surface area contributed by atoms with Crippen LogP contribution in [0.2, 0.25) is 0 Å². The first-order valence-electron chi connectivity index (χ1n) is 12.4. The fourth-order valence-corrected chi connectivity index (χ4v) is 3.39. The predicted molar refractivity (Wildman–Crippen MR) is 132 cm³/mol. The van der Waals surface area contributed by atoms with Crippen LogP contribution in [0, 0.1) is 5.92 Å². The smallest absolute Gasteiger partial charge is 0.245 e. The number of carbonyl (C=O) groups is 5. The molecule has 0 radical (unpaired) electrons. The molecule has 202 valence electrons. The number of nitrogens with zero attached hydrogens (tertiary/aromatic N) is 1. The van der Waals surface area contributed by atoms with E-state index in [1.54, 1.807) is 26.4 Å². The van der Waals surface area contributed by atoms with E-state index in [2.05, 4.69) is 16.0 Å². The van der Waals surface area contributed by atoms with Crippen molar-refractivity contribution in [2.75, 3.05) is 20.1 Å². The van der Waals surface area contributed by atoms with Crippen LogP contribution in [-0.4, -0.2) is 77.8 Å². The molecule has 0 spiro atoms. The van der Waals surface area contributed by atoms with E-state index < -0.39 is 29.4 Å². The molecule has 0 heterocycles. The molecule has 0 saturated heterocycles. The molecule has 0 aliphatic heterocycles. The number of hydrogen-bond donors (Lipinski definition) is 5. The van der Waals surface area contributed by atoms with Crippen LogP contribution >= 0.6 is 0 Å². The minimum atomic E-state index is -0.860. The van der Waals surface area contributed by atoms with Gasteiger partial charge in [-0.3, -0.25) is 24.4 Å². The van der Waals surface area contributed by atoms with E-state index in [1.807, 2.05) is 20.8 Å². The Hall–Kier alpha value is -2.53. The van der Waals surface area contributed by atoms with Gasteiger partial charge in [0.1, 0.15) is 12.3 Å². The molecule has 11 heteroatoms. The number of aldehydes is 1. The fraction of sp³-hybridized carbons (Fsp3) is 0.792. The van der Waals surface area contributed by atoms with Crippen molar-refractivity contribution in [2.24, 2.45) is 5.92 Å². The van der Waals surface area contributed by atoms with Gasteiger partial charge in [-0.15, -0.1) is 0 Å². The van der Waals surface area contributed by atoms with Gasteiger partial charge < -0.3 is 25.6 Å². The van der Waals surface area contributed by atoms with E-state index in [-0.39, 0.29) is 30.7 Å². The zero-order chi connectivity index (χ0) is 27.0. The van der Waals surface area contributed by atoms with Crippen molar-refractivity contribution >= 4 is 29.9 Å². The fourth-order valence-electron chi connectivity index (χ4n) is 3.39. The van der Waals surface area contributed by atoms with Gasteiger partial charge >= 0.3 is 0 Å². The summed E-state index contributed by atoms with van der Waals surface area (Å²) in [5.74, 6) is -1.42. The van der Waals surface area contributed by atoms with Crippen LogP contribution < -0.4 is 21.4 Å². The average molecular weight is 500 g/mol. The number of hydroxylamine groups is 1. The number of unbranched alkanes of at least 4 members (excludes halogenated alkanes) is 2. The third-order valence-electron chi connectivity index (χ3n) is 5.70. The molecule has 0 rings (SSSR count). The number of rotatable bonds is 18. The van der Waals surface area contributed by atoms with Crippen LogP contribution in [0.25, 0.3) is 0 Å². The molecule has 0 aliphatic rings. The molecule has 0 aromatic rings. The van der Waals surface area contributed by atoms with Crippen LogP contribution in [0.1, 0.15) is 79.6 Å². The van der Waals surface area contributed by atoms with Crippen molar-refractivity contribution in [3.8, 4) is 0 Å². The van der Waals surface area contributed by atoms with Crippen LogP contribution in [0.4, 0.5) is 0 Å². The Labute approximate surface area is 209 Å². The highest BCUT2D eigenvalue weighted by molar-refractivity contribution is 5.93. The molecule has 2 atom stereocenters. The maximum absolute atomic E-state index is 13.3. The molecule has 4 amide bonds. The molecule has 2 unspecified atom stereocenters. The lowest BCUT2D eigenvalue weighted by atomic mass is 9.99. The normalized spacial score (nSPS) is 13.0. The molecule has 11 nitrogen and oxygen atoms in total. The summed E-state index contributed by atoms with van der Waals surface area (Å²) in [6.45, 7) is 9.37. The third kappa shape index (κ3) is 13.2. The van der Waals surface area contributed by atoms with E-state index in [9.17, 15) is 24.0 Å². The van der Waals surface area contributed by atoms with Crippen molar-refractivity contribution in [1.82, 2.24) is 26.3 Å². The highest BCUT2D eigenvalue weighted by Gasteiger charge is 2.32. The predicted octanol–water partition coefficient (Wildman–Crippen LogP) is 0.894. The van der Waals surface area contributed by atoms with Gasteiger partial charge in [-0.05, 0) is 52.5 Å². The summed E-state index contributed by atoms with van der Waals surface area (Å²) in [6, 6.07) is -1.47. The Bertz CT molecular complexity index is 698. The van der Waals surface area contributed by atoms with Gasteiger partial charge in [0.05, 0.1) is 18.1 Å². The molecule has 35 heavy (non-hydrogen) atoms. The van der Waals surface area contributed by atoms with E-state index in [0.29, 0.717) is 51.4 Å².